The van der Waals surface area contributed by atoms with Crippen molar-refractivity contribution in [3.8, 4) is 0 Å². The largest absolute Gasteiger partial charge is 0.444 e. The smallest absolute Gasteiger partial charge is 0.407 e. The Morgan fingerprint density at radius 3 is 2.37 bits per heavy atom. The van der Waals surface area contributed by atoms with Gasteiger partial charge in [0, 0.05) is 25.7 Å². The molecule has 160 valence electrons. The molecule has 0 bridgehead atoms. The Bertz CT molecular complexity index is 943. The predicted octanol–water partition coefficient (Wildman–Crippen LogP) is 1.97. The lowest BCUT2D eigenvalue weighted by Gasteiger charge is -2.22. The summed E-state index contributed by atoms with van der Waals surface area (Å²) in [4.78, 5) is 40.5. The first kappa shape index (κ1) is 21.4. The molecule has 3 rings (SSSR count). The third-order valence-corrected chi connectivity index (χ3v) is 4.43. The quantitative estimate of drug-likeness (QED) is 0.693. The first-order valence-corrected chi connectivity index (χ1v) is 9.81. The van der Waals surface area contributed by atoms with Crippen molar-refractivity contribution in [1.29, 1.82) is 0 Å². The molecule has 1 aliphatic heterocycles. The minimum absolute atomic E-state index is 0.00145. The van der Waals surface area contributed by atoms with Crippen molar-refractivity contribution in [2.45, 2.75) is 59.0 Å². The molecule has 0 saturated carbocycles. The summed E-state index contributed by atoms with van der Waals surface area (Å²) in [5.41, 5.74) is 1.66. The number of nitrogens with zero attached hydrogens (tertiary/aromatic N) is 2. The summed E-state index contributed by atoms with van der Waals surface area (Å²) in [7, 11) is 0. The number of aromatic nitrogens is 2. The zero-order valence-electron chi connectivity index (χ0n) is 17.6. The van der Waals surface area contributed by atoms with E-state index in [2.05, 4.69) is 20.9 Å². The number of carbonyl (C=O) groups is 3. The van der Waals surface area contributed by atoms with E-state index in [0.29, 0.717) is 19.6 Å². The Morgan fingerprint density at radius 2 is 1.77 bits per heavy atom. The minimum Gasteiger partial charge on any atom is -0.444 e. The van der Waals surface area contributed by atoms with Crippen molar-refractivity contribution in [3.63, 3.8) is 0 Å². The third kappa shape index (κ3) is 5.37. The molecule has 1 atom stereocenters. The Kier molecular flexibility index (Phi) is 6.09. The van der Waals surface area contributed by atoms with Crippen LogP contribution in [0.4, 0.5) is 4.79 Å². The fraction of sp³-hybridized carbons (Fsp3) is 0.429. The number of alkyl carbamates (subject to hydrolysis) is 1. The van der Waals surface area contributed by atoms with Crippen LogP contribution in [0.3, 0.4) is 0 Å². The highest BCUT2D eigenvalue weighted by Crippen LogP contribution is 2.14. The number of hydrogen-bond acceptors (Lipinski definition) is 5. The maximum absolute atomic E-state index is 12.5. The lowest BCUT2D eigenvalue weighted by Crippen LogP contribution is -2.43. The van der Waals surface area contributed by atoms with E-state index in [1.165, 1.54) is 6.33 Å². The van der Waals surface area contributed by atoms with E-state index < -0.39 is 17.6 Å². The Hall–Kier alpha value is -3.36. The summed E-state index contributed by atoms with van der Waals surface area (Å²) in [6.07, 6.45) is 1.05. The van der Waals surface area contributed by atoms with Gasteiger partial charge in [-0.2, -0.15) is 0 Å². The van der Waals surface area contributed by atoms with Crippen LogP contribution in [-0.2, 0) is 24.4 Å². The van der Waals surface area contributed by atoms with Gasteiger partial charge in [-0.1, -0.05) is 24.3 Å². The average Bonchev–Trinajstić information content (AvgIpc) is 3.08. The molecule has 9 heteroatoms. The van der Waals surface area contributed by atoms with Crippen LogP contribution in [0.25, 0.3) is 0 Å². The van der Waals surface area contributed by atoms with E-state index in [9.17, 15) is 14.4 Å². The van der Waals surface area contributed by atoms with E-state index in [1.54, 1.807) is 4.57 Å². The van der Waals surface area contributed by atoms with Gasteiger partial charge >= 0.3 is 6.09 Å². The normalized spacial score (nSPS) is 15.7. The Labute approximate surface area is 175 Å². The van der Waals surface area contributed by atoms with Crippen molar-refractivity contribution < 1.29 is 19.1 Å². The minimum atomic E-state index is -0.542. The number of nitrogens with one attached hydrogen (secondary N) is 3. The fourth-order valence-corrected chi connectivity index (χ4v) is 3.09. The SMILES string of the molecule is C[C@H]1Cn2cnc(C(=O)NCc3ccc(CNC(=O)OC(C)(C)C)cc3)c2C(=O)N1. The monoisotopic (exact) mass is 413 g/mol. The molecule has 1 aromatic carbocycles. The highest BCUT2D eigenvalue weighted by atomic mass is 16.6. The number of benzene rings is 1. The summed E-state index contributed by atoms with van der Waals surface area (Å²) < 4.78 is 6.90. The molecule has 0 radical (unpaired) electrons. The van der Waals surface area contributed by atoms with Gasteiger partial charge in [0.05, 0.1) is 6.33 Å². The summed E-state index contributed by atoms with van der Waals surface area (Å²) in [5, 5.41) is 8.31. The molecule has 0 spiro atoms. The van der Waals surface area contributed by atoms with Crippen molar-refractivity contribution >= 4 is 17.9 Å². The second-order valence-electron chi connectivity index (χ2n) is 8.32. The van der Waals surface area contributed by atoms with Gasteiger partial charge < -0.3 is 25.3 Å². The van der Waals surface area contributed by atoms with Gasteiger partial charge in [-0.3, -0.25) is 9.59 Å². The Morgan fingerprint density at radius 1 is 1.17 bits per heavy atom. The maximum atomic E-state index is 12.5. The molecular weight excluding hydrogens is 386 g/mol. The van der Waals surface area contributed by atoms with Crippen molar-refractivity contribution in [1.82, 2.24) is 25.5 Å². The molecule has 30 heavy (non-hydrogen) atoms. The van der Waals surface area contributed by atoms with Crippen LogP contribution in [-0.4, -0.2) is 39.1 Å². The molecule has 3 amide bonds. The van der Waals surface area contributed by atoms with Gasteiger partial charge in [0.25, 0.3) is 11.8 Å². The summed E-state index contributed by atoms with van der Waals surface area (Å²) in [5.74, 6) is -0.692. The van der Waals surface area contributed by atoms with Crippen LogP contribution in [0.1, 0.15) is 59.8 Å². The van der Waals surface area contributed by atoms with E-state index in [-0.39, 0.29) is 23.3 Å². The number of rotatable bonds is 5. The molecule has 1 aromatic heterocycles. The number of amides is 3. The first-order chi connectivity index (χ1) is 14.1. The van der Waals surface area contributed by atoms with Crippen molar-refractivity contribution in [2.75, 3.05) is 0 Å². The summed E-state index contributed by atoms with van der Waals surface area (Å²) >= 11 is 0. The van der Waals surface area contributed by atoms with Gasteiger partial charge in [0.15, 0.2) is 5.69 Å². The number of imidazole rings is 1. The van der Waals surface area contributed by atoms with Crippen LogP contribution in [0.15, 0.2) is 30.6 Å². The van der Waals surface area contributed by atoms with Crippen molar-refractivity contribution in [3.05, 3.63) is 53.1 Å². The van der Waals surface area contributed by atoms with Gasteiger partial charge in [-0.25, -0.2) is 9.78 Å². The van der Waals surface area contributed by atoms with E-state index in [4.69, 9.17) is 4.74 Å². The molecule has 0 saturated heterocycles. The molecule has 0 aliphatic carbocycles. The highest BCUT2D eigenvalue weighted by Gasteiger charge is 2.28. The zero-order chi connectivity index (χ0) is 21.9. The third-order valence-electron chi connectivity index (χ3n) is 4.43. The van der Waals surface area contributed by atoms with Gasteiger partial charge in [0.2, 0.25) is 0 Å². The summed E-state index contributed by atoms with van der Waals surface area (Å²) in [6.45, 7) is 8.54. The van der Waals surface area contributed by atoms with Gasteiger partial charge in [0.1, 0.15) is 11.3 Å². The molecule has 2 aromatic rings. The number of ether oxygens (including phenoxy) is 1. The highest BCUT2D eigenvalue weighted by molar-refractivity contribution is 6.05. The lowest BCUT2D eigenvalue weighted by atomic mass is 10.1. The molecule has 2 heterocycles. The molecule has 1 aliphatic rings. The maximum Gasteiger partial charge on any atom is 0.407 e. The lowest BCUT2D eigenvalue weighted by molar-refractivity contribution is 0.0523. The average molecular weight is 413 g/mol. The van der Waals surface area contributed by atoms with E-state index >= 15 is 0 Å². The molecule has 9 nitrogen and oxygen atoms in total. The molecule has 3 N–H and O–H groups in total. The number of hydrogen-bond donors (Lipinski definition) is 3. The van der Waals surface area contributed by atoms with Crippen LogP contribution < -0.4 is 16.0 Å². The molecule has 0 unspecified atom stereocenters. The fourth-order valence-electron chi connectivity index (χ4n) is 3.09. The van der Waals surface area contributed by atoms with Crippen LogP contribution >= 0.6 is 0 Å². The van der Waals surface area contributed by atoms with Gasteiger partial charge in [-0.05, 0) is 38.8 Å². The van der Waals surface area contributed by atoms with Crippen molar-refractivity contribution in [2.24, 2.45) is 0 Å². The second-order valence-corrected chi connectivity index (χ2v) is 8.32. The van der Waals surface area contributed by atoms with E-state index in [1.807, 2.05) is 52.0 Å². The molecule has 0 fully saturated rings. The van der Waals surface area contributed by atoms with Crippen LogP contribution in [0, 0.1) is 0 Å². The number of carbonyl (C=O) groups excluding carboxylic acids is 3. The van der Waals surface area contributed by atoms with Crippen LogP contribution in [0.2, 0.25) is 0 Å². The topological polar surface area (TPSA) is 114 Å². The molecular formula is C21H27N5O4. The van der Waals surface area contributed by atoms with Gasteiger partial charge in [-0.15, -0.1) is 0 Å². The standard InChI is InChI=1S/C21H27N5O4/c1-13-11-26-12-24-16(17(26)19(28)25-13)18(27)22-9-14-5-7-15(8-6-14)10-23-20(29)30-21(2,3)4/h5-8,12-13H,9-11H2,1-4H3,(H,22,27)(H,23,29)(H,25,28)/t13-/m0/s1. The van der Waals surface area contributed by atoms with E-state index in [0.717, 1.165) is 11.1 Å². The predicted molar refractivity (Wildman–Crippen MR) is 110 cm³/mol. The zero-order valence-corrected chi connectivity index (χ0v) is 17.6. The number of fused-ring (bicyclic) bond motifs is 1. The first-order valence-electron chi connectivity index (χ1n) is 9.81. The van der Waals surface area contributed by atoms with Crippen LogP contribution in [0.5, 0.6) is 0 Å². The summed E-state index contributed by atoms with van der Waals surface area (Å²) in [6, 6.07) is 7.46. The second kappa shape index (κ2) is 8.56. The Balaban J connectivity index is 1.53.